The van der Waals surface area contributed by atoms with Crippen molar-refractivity contribution in [2.75, 3.05) is 27.4 Å². The van der Waals surface area contributed by atoms with Gasteiger partial charge in [0.1, 0.15) is 6.29 Å². The van der Waals surface area contributed by atoms with Gasteiger partial charge in [-0.2, -0.15) is 0 Å². The van der Waals surface area contributed by atoms with E-state index in [4.69, 9.17) is 23.6 Å². The molecular weight excluding hydrogens is 539 g/mol. The van der Waals surface area contributed by atoms with E-state index in [1.54, 1.807) is 45.9 Å². The highest BCUT2D eigenvalue weighted by Gasteiger charge is 2.49. The largest absolute Gasteiger partial charge is 0.465 e. The van der Waals surface area contributed by atoms with Gasteiger partial charge in [-0.3, -0.25) is 4.79 Å². The summed E-state index contributed by atoms with van der Waals surface area (Å²) in [4.78, 5) is 37.6. The Labute approximate surface area is 245 Å². The lowest BCUT2D eigenvalue weighted by molar-refractivity contribution is -0.126. The number of carbonyl (C=O) groups excluding carboxylic acids is 3. The van der Waals surface area contributed by atoms with E-state index in [0.29, 0.717) is 29.9 Å². The third kappa shape index (κ3) is 4.84. The van der Waals surface area contributed by atoms with Crippen LogP contribution in [0.25, 0.3) is 22.3 Å². The quantitative estimate of drug-likeness (QED) is 0.245. The molecule has 42 heavy (non-hydrogen) atoms. The zero-order chi connectivity index (χ0) is 30.4. The Morgan fingerprint density at radius 1 is 0.857 bits per heavy atom. The normalized spacial score (nSPS) is 15.2. The summed E-state index contributed by atoms with van der Waals surface area (Å²) in [6.07, 6.45) is 0.777. The fourth-order valence-electron chi connectivity index (χ4n) is 5.10. The molecule has 5 rings (SSSR count). The topological polar surface area (TPSA) is 118 Å². The summed E-state index contributed by atoms with van der Waals surface area (Å²) in [6.45, 7) is 7.36. The third-order valence-corrected chi connectivity index (χ3v) is 8.16. The molecule has 0 aromatic heterocycles. The number of aliphatic hydroxyl groups is 1. The fraction of sp³-hybridized carbons (Fsp3) is 0.344. The minimum Gasteiger partial charge on any atom is -0.465 e. The lowest BCUT2D eigenvalue weighted by atomic mass is 9.78. The number of ether oxygens (including phenoxy) is 4. The second-order valence-corrected chi connectivity index (χ2v) is 11.3. The van der Waals surface area contributed by atoms with Crippen LogP contribution in [-0.2, 0) is 29.4 Å². The Balaban J connectivity index is 1.67. The minimum absolute atomic E-state index is 0.147. The SMILES string of the molecule is COC(=O)c1cc(-c2ccc3c(c2)C2(OCCO2)c2cc(C=O)ccc2-3)c(C(=O)OC)cc1[B]OC(C)(C)C(C)(C)O. The fourth-order valence-corrected chi connectivity index (χ4v) is 5.10. The number of rotatable bonds is 8. The van der Waals surface area contributed by atoms with E-state index in [1.165, 1.54) is 27.8 Å². The molecule has 217 valence electrons. The molecule has 1 heterocycles. The molecule has 1 N–H and O–H groups in total. The van der Waals surface area contributed by atoms with Crippen LogP contribution in [0.3, 0.4) is 0 Å². The van der Waals surface area contributed by atoms with Crippen LogP contribution in [0.1, 0.15) is 69.9 Å². The van der Waals surface area contributed by atoms with Crippen molar-refractivity contribution in [1.82, 2.24) is 0 Å². The second kappa shape index (κ2) is 10.8. The molecule has 1 saturated heterocycles. The summed E-state index contributed by atoms with van der Waals surface area (Å²) >= 11 is 0. The van der Waals surface area contributed by atoms with Crippen molar-refractivity contribution < 1.29 is 43.1 Å². The highest BCUT2D eigenvalue weighted by atomic mass is 16.7. The van der Waals surface area contributed by atoms with Gasteiger partial charge in [-0.1, -0.05) is 24.3 Å². The molecule has 0 saturated carbocycles. The van der Waals surface area contributed by atoms with E-state index < -0.39 is 28.9 Å². The van der Waals surface area contributed by atoms with Gasteiger partial charge in [0.25, 0.3) is 0 Å². The van der Waals surface area contributed by atoms with Crippen molar-refractivity contribution in [3.05, 3.63) is 76.3 Å². The average Bonchev–Trinajstić information content (AvgIpc) is 3.58. The van der Waals surface area contributed by atoms with Gasteiger partial charge in [0.05, 0.1) is 49.8 Å². The maximum absolute atomic E-state index is 13.1. The van der Waals surface area contributed by atoms with Gasteiger partial charge in [0, 0.05) is 16.7 Å². The summed E-state index contributed by atoms with van der Waals surface area (Å²) in [6, 6.07) is 14.0. The Morgan fingerprint density at radius 3 is 2.05 bits per heavy atom. The van der Waals surface area contributed by atoms with Gasteiger partial charge >= 0.3 is 19.4 Å². The Bertz CT molecular complexity index is 1580. The van der Waals surface area contributed by atoms with E-state index in [1.807, 2.05) is 24.3 Å². The smallest absolute Gasteiger partial charge is 0.338 e. The van der Waals surface area contributed by atoms with Gasteiger partial charge in [0.2, 0.25) is 5.79 Å². The molecule has 1 spiro atoms. The molecule has 10 heteroatoms. The van der Waals surface area contributed by atoms with Crippen molar-refractivity contribution in [1.29, 1.82) is 0 Å². The van der Waals surface area contributed by atoms with Crippen molar-refractivity contribution in [2.24, 2.45) is 0 Å². The average molecular weight is 571 g/mol. The first-order valence-electron chi connectivity index (χ1n) is 13.5. The summed E-state index contributed by atoms with van der Waals surface area (Å²) < 4.78 is 28.5. The standard InChI is InChI=1S/C32H32BO9/c1-30(2,37)31(3,4)42-33-27-16-23(28(35)38-5)22(15-24(27)29(36)39-6)19-8-10-21-20-9-7-18(17-34)13-25(20)32(26(21)14-19)40-11-12-41-32/h7-10,13-17,37H,11-12H2,1-6H3. The van der Waals surface area contributed by atoms with Crippen LogP contribution < -0.4 is 5.46 Å². The number of aldehydes is 1. The maximum Gasteiger partial charge on any atom is 0.338 e. The first-order chi connectivity index (χ1) is 19.9. The molecule has 0 bridgehead atoms. The van der Waals surface area contributed by atoms with Gasteiger partial charge < -0.3 is 28.7 Å². The van der Waals surface area contributed by atoms with Gasteiger partial charge in [-0.05, 0) is 79.7 Å². The highest BCUT2D eigenvalue weighted by molar-refractivity contribution is 6.50. The lowest BCUT2D eigenvalue weighted by Gasteiger charge is -2.37. The molecule has 0 unspecified atom stereocenters. The summed E-state index contributed by atoms with van der Waals surface area (Å²) in [5.41, 5.74) is 3.08. The minimum atomic E-state index is -1.21. The number of benzene rings is 3. The van der Waals surface area contributed by atoms with Crippen LogP contribution in [-0.4, -0.2) is 69.4 Å². The number of esters is 2. The lowest BCUT2D eigenvalue weighted by Crippen LogP contribution is -2.49. The Morgan fingerprint density at radius 2 is 1.45 bits per heavy atom. The van der Waals surface area contributed by atoms with E-state index in [9.17, 15) is 19.5 Å². The summed E-state index contributed by atoms with van der Waals surface area (Å²) in [5, 5.41) is 10.5. The molecule has 1 aliphatic heterocycles. The van der Waals surface area contributed by atoms with Crippen LogP contribution in [0.2, 0.25) is 0 Å². The monoisotopic (exact) mass is 571 g/mol. The Hall–Kier alpha value is -3.83. The molecule has 9 nitrogen and oxygen atoms in total. The number of fused-ring (bicyclic) bond motifs is 5. The van der Waals surface area contributed by atoms with E-state index in [2.05, 4.69) is 0 Å². The van der Waals surface area contributed by atoms with E-state index in [-0.39, 0.29) is 16.6 Å². The van der Waals surface area contributed by atoms with Crippen molar-refractivity contribution in [3.8, 4) is 22.3 Å². The van der Waals surface area contributed by atoms with E-state index >= 15 is 0 Å². The van der Waals surface area contributed by atoms with Crippen molar-refractivity contribution in [2.45, 2.75) is 44.7 Å². The molecule has 3 aromatic carbocycles. The van der Waals surface area contributed by atoms with E-state index in [0.717, 1.165) is 28.5 Å². The number of methoxy groups -OCH3 is 2. The van der Waals surface area contributed by atoms with Gasteiger partial charge in [-0.15, -0.1) is 0 Å². The molecule has 0 amide bonds. The first kappa shape index (κ1) is 29.7. The van der Waals surface area contributed by atoms with Gasteiger partial charge in [0.15, 0.2) is 0 Å². The highest BCUT2D eigenvalue weighted by Crippen LogP contribution is 2.53. The first-order valence-corrected chi connectivity index (χ1v) is 13.5. The predicted octanol–water partition coefficient (Wildman–Crippen LogP) is 3.78. The molecule has 1 aliphatic carbocycles. The van der Waals surface area contributed by atoms with Crippen LogP contribution in [0.5, 0.6) is 0 Å². The third-order valence-electron chi connectivity index (χ3n) is 8.16. The second-order valence-electron chi connectivity index (χ2n) is 11.3. The zero-order valence-electron chi connectivity index (χ0n) is 24.4. The molecule has 1 fully saturated rings. The van der Waals surface area contributed by atoms with Crippen molar-refractivity contribution >= 4 is 31.2 Å². The van der Waals surface area contributed by atoms with Crippen LogP contribution in [0, 0.1) is 0 Å². The molecule has 0 atom stereocenters. The zero-order valence-corrected chi connectivity index (χ0v) is 24.4. The molecule has 1 radical (unpaired) electrons. The number of hydrogen-bond acceptors (Lipinski definition) is 9. The Kier molecular flexibility index (Phi) is 7.61. The molecule has 3 aromatic rings. The van der Waals surface area contributed by atoms with Crippen LogP contribution >= 0.6 is 0 Å². The molecule has 2 aliphatic rings. The van der Waals surface area contributed by atoms with Gasteiger partial charge in [-0.25, -0.2) is 9.59 Å². The summed E-state index contributed by atoms with van der Waals surface area (Å²) in [7, 11) is 3.87. The van der Waals surface area contributed by atoms with Crippen molar-refractivity contribution in [3.63, 3.8) is 0 Å². The number of carbonyl (C=O) groups is 3. The predicted molar refractivity (Wildman–Crippen MR) is 155 cm³/mol. The van der Waals surface area contributed by atoms with Crippen LogP contribution in [0.4, 0.5) is 0 Å². The maximum atomic E-state index is 13.1. The number of hydrogen-bond donors (Lipinski definition) is 1. The summed E-state index contributed by atoms with van der Waals surface area (Å²) in [5.74, 6) is -2.47. The van der Waals surface area contributed by atoms with Crippen LogP contribution in [0.15, 0.2) is 48.5 Å². The molecular formula is C32H32BO9.